The van der Waals surface area contributed by atoms with Gasteiger partial charge in [0.1, 0.15) is 0 Å². The summed E-state index contributed by atoms with van der Waals surface area (Å²) in [6, 6.07) is 19.4. The number of guanidine groups is 1. The third kappa shape index (κ3) is 6.57. The summed E-state index contributed by atoms with van der Waals surface area (Å²) >= 11 is 0. The molecule has 1 fully saturated rings. The molecule has 6 heteroatoms. The molecule has 0 aliphatic carbocycles. The van der Waals surface area contributed by atoms with Gasteiger partial charge in [-0.25, -0.2) is 0 Å². The van der Waals surface area contributed by atoms with Crippen molar-refractivity contribution in [3.05, 3.63) is 71.3 Å². The number of carbonyl (C=O) groups excluding carboxylic acids is 1. The van der Waals surface area contributed by atoms with Gasteiger partial charge in [-0.2, -0.15) is 0 Å². The van der Waals surface area contributed by atoms with Crippen LogP contribution in [0.4, 0.5) is 0 Å². The Hall–Kier alpha value is -2.86. The molecule has 2 aromatic rings. The Balaban J connectivity index is 1.53. The molecular weight excluding hydrogens is 398 g/mol. The predicted octanol–water partition coefficient (Wildman–Crippen LogP) is 3.56. The Morgan fingerprint density at radius 2 is 1.72 bits per heavy atom. The maximum absolute atomic E-state index is 11.8. The number of likely N-dealkylation sites (tertiary alicyclic amines) is 1. The van der Waals surface area contributed by atoms with E-state index in [1.54, 1.807) is 7.05 Å². The minimum Gasteiger partial charge on any atom is -0.354 e. The first-order valence-corrected chi connectivity index (χ1v) is 11.7. The van der Waals surface area contributed by atoms with Gasteiger partial charge in [0.05, 0.1) is 6.04 Å². The fraction of sp³-hybridized carbons (Fsp3) is 0.462. The van der Waals surface area contributed by atoms with E-state index < -0.39 is 0 Å². The average molecular weight is 436 g/mol. The zero-order chi connectivity index (χ0) is 22.8. The summed E-state index contributed by atoms with van der Waals surface area (Å²) in [5.74, 6) is 1.06. The highest BCUT2D eigenvalue weighted by Crippen LogP contribution is 2.19. The minimum atomic E-state index is 0.268. The number of benzene rings is 2. The van der Waals surface area contributed by atoms with Crippen LogP contribution in [0.3, 0.4) is 0 Å². The molecule has 3 rings (SSSR count). The molecule has 1 aliphatic heterocycles. The van der Waals surface area contributed by atoms with Gasteiger partial charge in [-0.15, -0.1) is 0 Å². The first-order valence-electron chi connectivity index (χ1n) is 11.7. The fourth-order valence-corrected chi connectivity index (χ4v) is 4.25. The lowest BCUT2D eigenvalue weighted by Gasteiger charge is -2.30. The summed E-state index contributed by atoms with van der Waals surface area (Å²) in [5, 5.41) is 6.93. The Labute approximate surface area is 192 Å². The van der Waals surface area contributed by atoms with Crippen molar-refractivity contribution in [1.82, 2.24) is 20.4 Å². The Morgan fingerprint density at radius 3 is 2.31 bits per heavy atom. The molecule has 6 nitrogen and oxygen atoms in total. The van der Waals surface area contributed by atoms with Gasteiger partial charge in [-0.05, 0) is 36.2 Å². The van der Waals surface area contributed by atoms with Gasteiger partial charge in [-0.3, -0.25) is 14.7 Å². The van der Waals surface area contributed by atoms with Crippen molar-refractivity contribution in [3.63, 3.8) is 0 Å². The molecule has 172 valence electrons. The molecule has 1 heterocycles. The van der Waals surface area contributed by atoms with Crippen molar-refractivity contribution < 1.29 is 4.79 Å². The molecular formula is C26H37N5O. The number of hydrogen-bond acceptors (Lipinski definition) is 3. The number of nitrogens with one attached hydrogen (secondary N) is 2. The van der Waals surface area contributed by atoms with Crippen LogP contribution in [0.25, 0.3) is 0 Å². The number of rotatable bonds is 10. The van der Waals surface area contributed by atoms with E-state index in [-0.39, 0.29) is 11.9 Å². The maximum Gasteiger partial charge on any atom is 0.222 e. The van der Waals surface area contributed by atoms with Crippen LogP contribution in [0.2, 0.25) is 0 Å². The van der Waals surface area contributed by atoms with Gasteiger partial charge in [0.15, 0.2) is 5.96 Å². The first kappa shape index (κ1) is 23.8. The van der Waals surface area contributed by atoms with E-state index in [4.69, 9.17) is 0 Å². The average Bonchev–Trinajstić information content (AvgIpc) is 3.24. The van der Waals surface area contributed by atoms with E-state index in [0.717, 1.165) is 38.6 Å². The van der Waals surface area contributed by atoms with Gasteiger partial charge >= 0.3 is 0 Å². The molecule has 1 saturated heterocycles. The first-order chi connectivity index (χ1) is 15.6. The van der Waals surface area contributed by atoms with Crippen LogP contribution in [0.5, 0.6) is 0 Å². The topological polar surface area (TPSA) is 60.0 Å². The summed E-state index contributed by atoms with van der Waals surface area (Å²) in [7, 11) is 1.81. The van der Waals surface area contributed by atoms with Gasteiger partial charge in [0, 0.05) is 39.6 Å². The molecule has 1 unspecified atom stereocenters. The summed E-state index contributed by atoms with van der Waals surface area (Å²) in [6.45, 7) is 9.48. The quantitative estimate of drug-likeness (QED) is 0.443. The molecule has 0 saturated carbocycles. The maximum atomic E-state index is 11.8. The predicted molar refractivity (Wildman–Crippen MR) is 131 cm³/mol. The van der Waals surface area contributed by atoms with E-state index in [9.17, 15) is 4.79 Å². The molecule has 1 atom stereocenters. The fourth-order valence-electron chi connectivity index (χ4n) is 4.25. The zero-order valence-electron chi connectivity index (χ0n) is 19.7. The highest BCUT2D eigenvalue weighted by Gasteiger charge is 2.20. The number of carbonyl (C=O) groups is 1. The van der Waals surface area contributed by atoms with E-state index >= 15 is 0 Å². The van der Waals surface area contributed by atoms with Crippen LogP contribution in [-0.2, 0) is 17.9 Å². The zero-order valence-corrected chi connectivity index (χ0v) is 19.7. The Kier molecular flexibility index (Phi) is 9.11. The lowest BCUT2D eigenvalue weighted by molar-refractivity contribution is -0.128. The number of likely N-dealkylation sites (N-methyl/N-ethyl adjacent to an activating group) is 1. The molecule has 32 heavy (non-hydrogen) atoms. The highest BCUT2D eigenvalue weighted by molar-refractivity contribution is 5.79. The standard InChI is InChI=1S/C26H37N5O/c1-4-30(5-2)24(23-10-7-6-8-11-23)19-29-26(27-3)28-18-21-13-15-22(16-14-21)20-31-17-9-12-25(31)32/h6-8,10-11,13-16,24H,4-5,9,12,17-20H2,1-3H3,(H2,27,28,29). The normalized spacial score (nSPS) is 15.3. The second-order valence-electron chi connectivity index (χ2n) is 8.19. The summed E-state index contributed by atoms with van der Waals surface area (Å²) in [4.78, 5) is 20.6. The van der Waals surface area contributed by atoms with Crippen LogP contribution >= 0.6 is 0 Å². The monoisotopic (exact) mass is 435 g/mol. The van der Waals surface area contributed by atoms with E-state index in [0.29, 0.717) is 19.5 Å². The van der Waals surface area contributed by atoms with Gasteiger partial charge in [-0.1, -0.05) is 68.4 Å². The van der Waals surface area contributed by atoms with E-state index in [1.165, 1.54) is 16.7 Å². The van der Waals surface area contributed by atoms with Crippen LogP contribution in [0.1, 0.15) is 49.4 Å². The summed E-state index contributed by atoms with van der Waals surface area (Å²) in [6.07, 6.45) is 1.67. The highest BCUT2D eigenvalue weighted by atomic mass is 16.2. The lowest BCUT2D eigenvalue weighted by atomic mass is 10.1. The van der Waals surface area contributed by atoms with Crippen molar-refractivity contribution in [2.75, 3.05) is 33.2 Å². The molecule has 0 spiro atoms. The summed E-state index contributed by atoms with van der Waals surface area (Å²) < 4.78 is 0. The second-order valence-corrected chi connectivity index (χ2v) is 8.19. The number of amides is 1. The molecule has 1 amide bonds. The molecule has 1 aliphatic rings. The second kappa shape index (κ2) is 12.2. The largest absolute Gasteiger partial charge is 0.354 e. The Morgan fingerprint density at radius 1 is 1.03 bits per heavy atom. The summed E-state index contributed by atoms with van der Waals surface area (Å²) in [5.41, 5.74) is 3.68. The van der Waals surface area contributed by atoms with Gasteiger partial charge < -0.3 is 15.5 Å². The van der Waals surface area contributed by atoms with Gasteiger partial charge in [0.2, 0.25) is 5.91 Å². The third-order valence-electron chi connectivity index (χ3n) is 6.15. The lowest BCUT2D eigenvalue weighted by Crippen LogP contribution is -2.43. The van der Waals surface area contributed by atoms with Crippen LogP contribution in [-0.4, -0.2) is 54.9 Å². The third-order valence-corrected chi connectivity index (χ3v) is 6.15. The number of aliphatic imine (C=N–C) groups is 1. The SMILES string of the molecule is CCN(CC)C(CNC(=NC)NCc1ccc(CN2CCCC2=O)cc1)c1ccccc1. The van der Waals surface area contributed by atoms with E-state index in [2.05, 4.69) is 89.0 Å². The minimum absolute atomic E-state index is 0.268. The Bertz CT molecular complexity index is 862. The molecule has 0 radical (unpaired) electrons. The molecule has 0 bridgehead atoms. The molecule has 0 aromatic heterocycles. The van der Waals surface area contributed by atoms with Crippen molar-refractivity contribution in [2.45, 2.75) is 45.8 Å². The molecule has 2 aromatic carbocycles. The van der Waals surface area contributed by atoms with Crippen molar-refractivity contribution in [1.29, 1.82) is 0 Å². The van der Waals surface area contributed by atoms with Gasteiger partial charge in [0.25, 0.3) is 0 Å². The smallest absolute Gasteiger partial charge is 0.222 e. The number of hydrogen-bond donors (Lipinski definition) is 2. The molecule has 2 N–H and O–H groups in total. The van der Waals surface area contributed by atoms with Crippen molar-refractivity contribution >= 4 is 11.9 Å². The van der Waals surface area contributed by atoms with Crippen LogP contribution < -0.4 is 10.6 Å². The van der Waals surface area contributed by atoms with Crippen molar-refractivity contribution in [3.8, 4) is 0 Å². The van der Waals surface area contributed by atoms with Crippen molar-refractivity contribution in [2.24, 2.45) is 4.99 Å². The van der Waals surface area contributed by atoms with E-state index in [1.807, 2.05) is 4.90 Å². The van der Waals surface area contributed by atoms with Crippen LogP contribution in [0, 0.1) is 0 Å². The number of nitrogens with zero attached hydrogens (tertiary/aromatic N) is 3. The van der Waals surface area contributed by atoms with Crippen LogP contribution in [0.15, 0.2) is 59.6 Å².